The molecule has 2 aromatic carbocycles. The molecule has 1 spiro atoms. The summed E-state index contributed by atoms with van der Waals surface area (Å²) >= 11 is 0. The van der Waals surface area contributed by atoms with E-state index < -0.39 is 5.60 Å². The molecule has 0 saturated carbocycles. The third kappa shape index (κ3) is 3.44. The van der Waals surface area contributed by atoms with E-state index in [1.807, 2.05) is 47.4 Å². The number of ketones is 1. The number of piperidine rings is 1. The van der Waals surface area contributed by atoms with Crippen LogP contribution in [0.15, 0.2) is 48.5 Å². The van der Waals surface area contributed by atoms with Gasteiger partial charge < -0.3 is 9.64 Å². The third-order valence-electron chi connectivity index (χ3n) is 5.94. The van der Waals surface area contributed by atoms with Gasteiger partial charge in [0.05, 0.1) is 12.0 Å². The molecule has 0 bridgehead atoms. The zero-order valence-electron chi connectivity index (χ0n) is 16.8. The Morgan fingerprint density at radius 2 is 1.71 bits per heavy atom. The van der Waals surface area contributed by atoms with Gasteiger partial charge in [-0.05, 0) is 35.2 Å². The van der Waals surface area contributed by atoms with Gasteiger partial charge in [0.2, 0.25) is 0 Å². The van der Waals surface area contributed by atoms with Gasteiger partial charge in [-0.15, -0.1) is 0 Å². The van der Waals surface area contributed by atoms with Gasteiger partial charge in [0.15, 0.2) is 5.78 Å². The van der Waals surface area contributed by atoms with Gasteiger partial charge in [0.1, 0.15) is 11.4 Å². The lowest BCUT2D eigenvalue weighted by molar-refractivity contribution is -0.00573. The maximum atomic E-state index is 12.9. The number of rotatable bonds is 1. The van der Waals surface area contributed by atoms with Crippen molar-refractivity contribution in [1.29, 1.82) is 0 Å². The predicted octanol–water partition coefficient (Wildman–Crippen LogP) is 4.62. The van der Waals surface area contributed by atoms with Crippen LogP contribution in [0.4, 0.5) is 0 Å². The number of carbonyl (C=O) groups is 2. The van der Waals surface area contributed by atoms with Gasteiger partial charge in [0, 0.05) is 31.5 Å². The van der Waals surface area contributed by atoms with Crippen molar-refractivity contribution in [2.75, 3.05) is 13.1 Å². The van der Waals surface area contributed by atoms with Crippen LogP contribution in [0.2, 0.25) is 0 Å². The molecule has 1 fully saturated rings. The molecule has 0 aliphatic carbocycles. The zero-order valence-corrected chi connectivity index (χ0v) is 16.8. The van der Waals surface area contributed by atoms with Gasteiger partial charge in [-0.3, -0.25) is 9.59 Å². The number of Topliss-reactive ketones (excluding diaryl/α,β-unsaturated/α-hetero) is 1. The van der Waals surface area contributed by atoms with E-state index in [0.29, 0.717) is 49.2 Å². The number of carbonyl (C=O) groups excluding carboxylic acids is 2. The zero-order chi connectivity index (χ0) is 19.9. The Bertz CT molecular complexity index is 903. The molecule has 1 amide bonds. The molecule has 0 aromatic heterocycles. The number of likely N-dealkylation sites (tertiary alicyclic amines) is 1. The Labute approximate surface area is 166 Å². The van der Waals surface area contributed by atoms with E-state index in [0.717, 1.165) is 5.56 Å². The second-order valence-electron chi connectivity index (χ2n) is 9.00. The number of amides is 1. The average molecular weight is 377 g/mol. The molecule has 2 aliphatic heterocycles. The molecule has 4 heteroatoms. The molecule has 28 heavy (non-hydrogen) atoms. The first-order valence-corrected chi connectivity index (χ1v) is 9.99. The van der Waals surface area contributed by atoms with E-state index in [2.05, 4.69) is 26.8 Å². The number of hydrogen-bond acceptors (Lipinski definition) is 3. The fourth-order valence-electron chi connectivity index (χ4n) is 4.12. The SMILES string of the molecule is CC(C)(C)c1ccc2c(c1)C(=O)CC1(CCN(C(=O)c3ccccc3)CC1)O2. The van der Waals surface area contributed by atoms with Gasteiger partial charge >= 0.3 is 0 Å². The average Bonchev–Trinajstić information content (AvgIpc) is 2.68. The van der Waals surface area contributed by atoms with Crippen LogP contribution >= 0.6 is 0 Å². The standard InChI is InChI=1S/C24H27NO3/c1-23(2,3)18-9-10-21-19(15-18)20(26)16-24(28-21)11-13-25(14-12-24)22(27)17-7-5-4-6-8-17/h4-10,15H,11-14,16H2,1-3H3. The number of ether oxygens (including phenoxy) is 1. The van der Waals surface area contributed by atoms with Crippen molar-refractivity contribution in [3.05, 3.63) is 65.2 Å². The maximum Gasteiger partial charge on any atom is 0.253 e. The highest BCUT2D eigenvalue weighted by molar-refractivity contribution is 6.00. The van der Waals surface area contributed by atoms with E-state index in [1.165, 1.54) is 0 Å². The molecule has 0 radical (unpaired) electrons. The van der Waals surface area contributed by atoms with E-state index >= 15 is 0 Å². The Morgan fingerprint density at radius 3 is 2.36 bits per heavy atom. The first-order chi connectivity index (χ1) is 13.3. The van der Waals surface area contributed by atoms with Crippen LogP contribution in [0.1, 0.15) is 66.3 Å². The normalized spacial score (nSPS) is 18.5. The fraction of sp³-hybridized carbons (Fsp3) is 0.417. The van der Waals surface area contributed by atoms with Crippen LogP contribution in [0.25, 0.3) is 0 Å². The van der Waals surface area contributed by atoms with Crippen molar-refractivity contribution >= 4 is 11.7 Å². The highest BCUT2D eigenvalue weighted by Gasteiger charge is 2.44. The minimum atomic E-state index is -0.485. The summed E-state index contributed by atoms with van der Waals surface area (Å²) in [5.41, 5.74) is 2.05. The predicted molar refractivity (Wildman–Crippen MR) is 109 cm³/mol. The van der Waals surface area contributed by atoms with Crippen molar-refractivity contribution < 1.29 is 14.3 Å². The summed E-state index contributed by atoms with van der Waals surface area (Å²) in [7, 11) is 0. The summed E-state index contributed by atoms with van der Waals surface area (Å²) in [6, 6.07) is 15.3. The minimum absolute atomic E-state index is 0.00637. The highest BCUT2D eigenvalue weighted by Crippen LogP contribution is 2.41. The Morgan fingerprint density at radius 1 is 1.04 bits per heavy atom. The lowest BCUT2D eigenvalue weighted by Crippen LogP contribution is -2.52. The lowest BCUT2D eigenvalue weighted by atomic mass is 9.80. The van der Waals surface area contributed by atoms with Crippen LogP contribution in [0.5, 0.6) is 5.75 Å². The lowest BCUT2D eigenvalue weighted by Gasteiger charge is -2.44. The summed E-state index contributed by atoms with van der Waals surface area (Å²) in [4.78, 5) is 27.5. The number of benzene rings is 2. The Hall–Kier alpha value is -2.62. The van der Waals surface area contributed by atoms with Crippen LogP contribution in [0.3, 0.4) is 0 Å². The largest absolute Gasteiger partial charge is 0.486 e. The van der Waals surface area contributed by atoms with Crippen molar-refractivity contribution in [3.8, 4) is 5.75 Å². The van der Waals surface area contributed by atoms with Gasteiger partial charge in [0.25, 0.3) is 5.91 Å². The van der Waals surface area contributed by atoms with Crippen molar-refractivity contribution in [2.45, 2.75) is 51.0 Å². The Kier molecular flexibility index (Phi) is 4.53. The van der Waals surface area contributed by atoms with Crippen molar-refractivity contribution in [3.63, 3.8) is 0 Å². The second kappa shape index (κ2) is 6.77. The van der Waals surface area contributed by atoms with Crippen molar-refractivity contribution in [2.24, 2.45) is 0 Å². The smallest absolute Gasteiger partial charge is 0.253 e. The molecule has 1 saturated heterocycles. The van der Waals surface area contributed by atoms with E-state index in [-0.39, 0.29) is 17.1 Å². The summed E-state index contributed by atoms with van der Waals surface area (Å²) in [5.74, 6) is 0.884. The topological polar surface area (TPSA) is 46.6 Å². The fourth-order valence-corrected chi connectivity index (χ4v) is 4.12. The van der Waals surface area contributed by atoms with Gasteiger partial charge in [-0.1, -0.05) is 45.0 Å². The van der Waals surface area contributed by atoms with Crippen molar-refractivity contribution in [1.82, 2.24) is 4.90 Å². The summed E-state index contributed by atoms with van der Waals surface area (Å²) in [6.07, 6.45) is 1.75. The molecule has 2 heterocycles. The molecule has 0 N–H and O–H groups in total. The van der Waals surface area contributed by atoms with Crippen LogP contribution < -0.4 is 4.74 Å². The first-order valence-electron chi connectivity index (χ1n) is 9.99. The molecular formula is C24H27NO3. The van der Waals surface area contributed by atoms with Crippen LogP contribution in [-0.2, 0) is 5.41 Å². The number of hydrogen-bond donors (Lipinski definition) is 0. The molecule has 146 valence electrons. The molecule has 4 nitrogen and oxygen atoms in total. The highest BCUT2D eigenvalue weighted by atomic mass is 16.5. The van der Waals surface area contributed by atoms with Crippen LogP contribution in [0, 0.1) is 0 Å². The van der Waals surface area contributed by atoms with Crippen LogP contribution in [-0.4, -0.2) is 35.3 Å². The molecule has 0 unspecified atom stereocenters. The summed E-state index contributed by atoms with van der Waals surface area (Å²) in [5, 5.41) is 0. The number of fused-ring (bicyclic) bond motifs is 1. The molecule has 2 aromatic rings. The third-order valence-corrected chi connectivity index (χ3v) is 5.94. The molecule has 0 atom stereocenters. The number of nitrogens with zero attached hydrogens (tertiary/aromatic N) is 1. The Balaban J connectivity index is 1.50. The molecule has 4 rings (SSSR count). The molecular weight excluding hydrogens is 350 g/mol. The van der Waals surface area contributed by atoms with Gasteiger partial charge in [-0.25, -0.2) is 0 Å². The maximum absolute atomic E-state index is 12.9. The van der Waals surface area contributed by atoms with E-state index in [4.69, 9.17) is 4.74 Å². The first kappa shape index (κ1) is 18.7. The quantitative estimate of drug-likeness (QED) is 0.728. The monoisotopic (exact) mass is 377 g/mol. The minimum Gasteiger partial charge on any atom is -0.486 e. The summed E-state index contributed by atoms with van der Waals surface area (Å²) in [6.45, 7) is 7.64. The second-order valence-corrected chi connectivity index (χ2v) is 9.00. The van der Waals surface area contributed by atoms with E-state index in [1.54, 1.807) is 0 Å². The molecule has 2 aliphatic rings. The van der Waals surface area contributed by atoms with E-state index in [9.17, 15) is 9.59 Å². The van der Waals surface area contributed by atoms with Gasteiger partial charge in [-0.2, -0.15) is 0 Å². The summed E-state index contributed by atoms with van der Waals surface area (Å²) < 4.78 is 6.37.